The van der Waals surface area contributed by atoms with Crippen LogP contribution in [0.1, 0.15) is 58.8 Å². The lowest BCUT2D eigenvalue weighted by Gasteiger charge is -2.46. The predicted molar refractivity (Wildman–Crippen MR) is 135 cm³/mol. The first-order chi connectivity index (χ1) is 19.1. The number of aliphatic hydroxyl groups excluding tert-OH is 4. The van der Waals surface area contributed by atoms with Crippen LogP contribution in [0.25, 0.3) is 10.4 Å². The summed E-state index contributed by atoms with van der Waals surface area (Å²) in [5.41, 5.74) is 9.10. The van der Waals surface area contributed by atoms with Crippen molar-refractivity contribution >= 4 is 5.97 Å². The lowest BCUT2D eigenvalue weighted by molar-refractivity contribution is -0.338. The molecule has 0 unspecified atom stereocenters. The van der Waals surface area contributed by atoms with Crippen LogP contribution in [0.15, 0.2) is 5.11 Å². The molecule has 3 rings (SSSR count). The first kappa shape index (κ1) is 32.9. The normalized spacial score (nSPS) is 37.0. The van der Waals surface area contributed by atoms with Gasteiger partial charge in [-0.25, -0.2) is 0 Å². The summed E-state index contributed by atoms with van der Waals surface area (Å²) in [4.78, 5) is 13.9. The number of carbonyl (C=O) groups is 1. The molecule has 0 aromatic heterocycles. The Labute approximate surface area is 233 Å². The quantitative estimate of drug-likeness (QED) is 0.0694. The molecule has 0 saturated carbocycles. The minimum atomic E-state index is -1.47. The zero-order valence-electron chi connectivity index (χ0n) is 23.2. The van der Waals surface area contributed by atoms with E-state index < -0.39 is 80.4 Å². The molecule has 0 aromatic carbocycles. The van der Waals surface area contributed by atoms with Crippen LogP contribution in [-0.2, 0) is 38.0 Å². The van der Waals surface area contributed by atoms with E-state index in [1.807, 2.05) is 0 Å². The minimum absolute atomic E-state index is 0.210. The van der Waals surface area contributed by atoms with Crippen LogP contribution in [0.3, 0.4) is 0 Å². The highest BCUT2D eigenvalue weighted by atomic mass is 16.8. The number of aliphatic hydroxyl groups is 4. The molecule has 230 valence electrons. The Morgan fingerprint density at radius 2 is 1.55 bits per heavy atom. The highest BCUT2D eigenvalue weighted by molar-refractivity contribution is 5.68. The van der Waals surface area contributed by atoms with Gasteiger partial charge in [-0.3, -0.25) is 4.79 Å². The Kier molecular flexibility index (Phi) is 12.8. The standard InChI is InChI=1S/C25H43N3O12/c1-25(2)39-21-15(13-30)37-24(19(33)22(21)40-25)38-20-14(12-29)36-23(17(18(20)32)27-28-26)35-11-9-7-5-4-6-8-10-16(31)34-3/h14-15,17-24,29-30,32-33H,4-13H2,1-3H3/t14-,15-,17-,18-,19-,20-,21+,22-,23-,24+/m1/s1. The summed E-state index contributed by atoms with van der Waals surface area (Å²) >= 11 is 0. The Morgan fingerprint density at radius 1 is 0.925 bits per heavy atom. The molecule has 4 N–H and O–H groups in total. The molecule has 15 heteroatoms. The van der Waals surface area contributed by atoms with Gasteiger partial charge in [0.15, 0.2) is 18.4 Å². The molecule has 3 aliphatic heterocycles. The summed E-state index contributed by atoms with van der Waals surface area (Å²) in [7, 11) is 1.37. The van der Waals surface area contributed by atoms with E-state index in [4.69, 9.17) is 34.0 Å². The Hall–Kier alpha value is -1.62. The van der Waals surface area contributed by atoms with Crippen LogP contribution in [0, 0.1) is 0 Å². The number of rotatable bonds is 15. The molecule has 3 aliphatic rings. The number of unbranched alkanes of at least 4 members (excludes halogenated alkanes) is 5. The molecule has 0 aliphatic carbocycles. The lowest BCUT2D eigenvalue weighted by atomic mass is 9.96. The number of azide groups is 1. The topological polar surface area (TPSA) is 211 Å². The van der Waals surface area contributed by atoms with Crippen molar-refractivity contribution in [3.63, 3.8) is 0 Å². The first-order valence-electron chi connectivity index (χ1n) is 13.8. The summed E-state index contributed by atoms with van der Waals surface area (Å²) in [5, 5.41) is 45.4. The number of nitrogens with zero attached hydrogens (tertiary/aromatic N) is 3. The third-order valence-electron chi connectivity index (χ3n) is 7.22. The first-order valence-corrected chi connectivity index (χ1v) is 13.8. The van der Waals surface area contributed by atoms with Crippen LogP contribution < -0.4 is 0 Å². The molecule has 40 heavy (non-hydrogen) atoms. The summed E-state index contributed by atoms with van der Waals surface area (Å²) in [5.74, 6) is -1.23. The third-order valence-corrected chi connectivity index (χ3v) is 7.22. The SMILES string of the molecule is COC(=O)CCCCCCCCO[C@@H]1O[C@H](CO)[C@@H](O[C@@H]2O[C@H](CO)[C@@H]3OC(C)(C)O[C@@H]3[C@H]2O)[C@H](O)[C@H]1N=[N+]=[N-]. The maximum atomic E-state index is 11.1. The van der Waals surface area contributed by atoms with Crippen molar-refractivity contribution in [2.45, 2.75) is 126 Å². The van der Waals surface area contributed by atoms with Crippen molar-refractivity contribution in [3.05, 3.63) is 10.4 Å². The molecular weight excluding hydrogens is 534 g/mol. The second-order valence-corrected chi connectivity index (χ2v) is 10.6. The molecule has 0 amide bonds. The molecule has 3 saturated heterocycles. The van der Waals surface area contributed by atoms with Gasteiger partial charge in [0.05, 0.1) is 26.4 Å². The van der Waals surface area contributed by atoms with Crippen molar-refractivity contribution in [1.29, 1.82) is 0 Å². The summed E-state index contributed by atoms with van der Waals surface area (Å²) in [6.07, 6.45) is -4.64. The fourth-order valence-electron chi connectivity index (χ4n) is 5.19. The van der Waals surface area contributed by atoms with E-state index in [2.05, 4.69) is 14.8 Å². The molecule has 0 spiro atoms. The zero-order chi connectivity index (χ0) is 29.3. The van der Waals surface area contributed by atoms with Gasteiger partial charge >= 0.3 is 5.97 Å². The molecule has 3 fully saturated rings. The van der Waals surface area contributed by atoms with Crippen molar-refractivity contribution in [2.24, 2.45) is 5.11 Å². The van der Waals surface area contributed by atoms with E-state index in [0.717, 1.165) is 32.1 Å². The van der Waals surface area contributed by atoms with Gasteiger partial charge in [0.25, 0.3) is 0 Å². The van der Waals surface area contributed by atoms with Crippen LogP contribution >= 0.6 is 0 Å². The van der Waals surface area contributed by atoms with E-state index >= 15 is 0 Å². The van der Waals surface area contributed by atoms with Gasteiger partial charge in [-0.2, -0.15) is 0 Å². The zero-order valence-corrected chi connectivity index (χ0v) is 23.2. The average Bonchev–Trinajstić information content (AvgIpc) is 3.27. The van der Waals surface area contributed by atoms with Crippen LogP contribution in [0.4, 0.5) is 0 Å². The maximum absolute atomic E-state index is 11.1. The van der Waals surface area contributed by atoms with E-state index in [1.165, 1.54) is 7.11 Å². The second-order valence-electron chi connectivity index (χ2n) is 10.6. The van der Waals surface area contributed by atoms with Crippen molar-refractivity contribution in [1.82, 2.24) is 0 Å². The van der Waals surface area contributed by atoms with Crippen LogP contribution in [-0.4, -0.2) is 120 Å². The monoisotopic (exact) mass is 577 g/mol. The third kappa shape index (κ3) is 8.46. The number of esters is 1. The van der Waals surface area contributed by atoms with Gasteiger partial charge in [0.2, 0.25) is 0 Å². The number of methoxy groups -OCH3 is 1. The lowest BCUT2D eigenvalue weighted by Crippen LogP contribution is -2.64. The van der Waals surface area contributed by atoms with Gasteiger partial charge in [-0.1, -0.05) is 30.8 Å². The fourth-order valence-corrected chi connectivity index (χ4v) is 5.19. The molecule has 10 atom stereocenters. The van der Waals surface area contributed by atoms with E-state index in [9.17, 15) is 25.2 Å². The average molecular weight is 578 g/mol. The van der Waals surface area contributed by atoms with Crippen molar-refractivity contribution < 1.29 is 58.4 Å². The summed E-state index contributed by atoms with van der Waals surface area (Å²) in [6, 6.07) is -1.21. The largest absolute Gasteiger partial charge is 0.469 e. The highest BCUT2D eigenvalue weighted by Gasteiger charge is 2.57. The van der Waals surface area contributed by atoms with Crippen LogP contribution in [0.2, 0.25) is 0 Å². The minimum Gasteiger partial charge on any atom is -0.469 e. The van der Waals surface area contributed by atoms with E-state index in [0.29, 0.717) is 12.8 Å². The Bertz CT molecular complexity index is 844. The van der Waals surface area contributed by atoms with Gasteiger partial charge in [-0.15, -0.1) is 0 Å². The van der Waals surface area contributed by atoms with Crippen molar-refractivity contribution in [3.8, 4) is 0 Å². The summed E-state index contributed by atoms with van der Waals surface area (Å²) in [6.45, 7) is 2.59. The predicted octanol–water partition coefficient (Wildman–Crippen LogP) is 0.647. The molecule has 0 radical (unpaired) electrons. The fraction of sp³-hybridized carbons (Fsp3) is 0.960. The highest BCUT2D eigenvalue weighted by Crippen LogP contribution is 2.39. The van der Waals surface area contributed by atoms with Crippen molar-refractivity contribution in [2.75, 3.05) is 26.9 Å². The molecule has 15 nitrogen and oxygen atoms in total. The number of ether oxygens (including phenoxy) is 7. The van der Waals surface area contributed by atoms with Gasteiger partial charge in [-0.05, 0) is 32.2 Å². The van der Waals surface area contributed by atoms with Gasteiger partial charge in [0, 0.05) is 17.9 Å². The number of fused-ring (bicyclic) bond motifs is 1. The molecular formula is C25H43N3O12. The molecule has 0 bridgehead atoms. The number of carbonyl (C=O) groups excluding carboxylic acids is 1. The maximum Gasteiger partial charge on any atom is 0.305 e. The number of hydrogen-bond donors (Lipinski definition) is 4. The Balaban J connectivity index is 1.53. The Morgan fingerprint density at radius 3 is 2.20 bits per heavy atom. The van der Waals surface area contributed by atoms with Crippen LogP contribution in [0.5, 0.6) is 0 Å². The number of hydrogen-bond acceptors (Lipinski definition) is 13. The molecule has 3 heterocycles. The molecule has 0 aromatic rings. The summed E-state index contributed by atoms with van der Waals surface area (Å²) < 4.78 is 39.4. The van der Waals surface area contributed by atoms with Gasteiger partial charge in [0.1, 0.15) is 42.7 Å². The van der Waals surface area contributed by atoms with Gasteiger partial charge < -0.3 is 53.6 Å². The smallest absolute Gasteiger partial charge is 0.305 e. The second kappa shape index (κ2) is 15.6. The van der Waals surface area contributed by atoms with E-state index in [-0.39, 0.29) is 12.6 Å². The van der Waals surface area contributed by atoms with E-state index in [1.54, 1.807) is 13.8 Å².